The van der Waals surface area contributed by atoms with Crippen molar-refractivity contribution >= 4 is 38.9 Å². The molecule has 6 aromatic carbocycles. The molecule has 0 amide bonds. The highest BCUT2D eigenvalue weighted by Gasteiger charge is 2.41. The number of para-hydroxylation sites is 1. The Labute approximate surface area is 357 Å². The zero-order chi connectivity index (χ0) is 40.4. The molecule has 5 aliphatic rings. The third-order valence-corrected chi connectivity index (χ3v) is 17.3. The maximum absolute atomic E-state index is 4.17. The molecule has 0 saturated carbocycles. The van der Waals surface area contributed by atoms with Crippen molar-refractivity contribution in [2.75, 3.05) is 5.32 Å². The number of hydrogen-bond acceptors (Lipinski definition) is 1. The summed E-state index contributed by atoms with van der Waals surface area (Å²) in [5.41, 5.74) is 21.8. The largest absolute Gasteiger partial charge is 0.361 e. The van der Waals surface area contributed by atoms with Crippen LogP contribution < -0.4 is 10.8 Å². The molecule has 1 aromatic heterocycles. The van der Waals surface area contributed by atoms with Gasteiger partial charge in [-0.05, 0) is 143 Å². The van der Waals surface area contributed by atoms with Crippen LogP contribution >= 0.6 is 10.0 Å². The summed E-state index contributed by atoms with van der Waals surface area (Å²) >= 11 is 0. The van der Waals surface area contributed by atoms with Crippen molar-refractivity contribution < 1.29 is 0 Å². The molecule has 60 heavy (non-hydrogen) atoms. The summed E-state index contributed by atoms with van der Waals surface area (Å²) in [5, 5.41) is 3.91. The van der Waals surface area contributed by atoms with Crippen LogP contribution in [0.3, 0.4) is 0 Å². The van der Waals surface area contributed by atoms with Crippen LogP contribution in [0, 0.1) is 6.92 Å². The van der Waals surface area contributed by atoms with E-state index >= 15 is 0 Å². The molecule has 0 atom stereocenters. The van der Waals surface area contributed by atoms with Gasteiger partial charge in [0.2, 0.25) is 0 Å². The van der Waals surface area contributed by atoms with E-state index in [0.717, 1.165) is 38.7 Å². The normalized spacial score (nSPS) is 18.6. The van der Waals surface area contributed by atoms with Gasteiger partial charge in [0.1, 0.15) is 0 Å². The third-order valence-electron chi connectivity index (χ3n) is 13.3. The Hall–Kier alpha value is -6.23. The number of aromatic nitrogens is 1. The summed E-state index contributed by atoms with van der Waals surface area (Å²) in [7, 11) is -1.30. The van der Waals surface area contributed by atoms with Crippen molar-refractivity contribution in [3.63, 3.8) is 0 Å². The number of anilines is 1. The van der Waals surface area contributed by atoms with E-state index in [1.807, 2.05) is 0 Å². The van der Waals surface area contributed by atoms with E-state index < -0.39 is 10.0 Å². The standard InChI is InChI=1S/C56H49BN2S/c1-36(2)52-47(42-25-12-10-18-37(42)3)34-48-50-31-16-20-39(35-58-49-29-14-15-30-51(49)60(50,40-21-6-4-7-22-40)41-23-8-5-9-24-41)57-54(48)53(52)46-28-17-27-44-45-33-32-38-19-11-13-26-43(38)55(45)59-56(44)46/h4-16,18-26,28-31,34-36,57-59H,17,27,32-33H2,1-3H3/b20-16-,39-35-,50-31+. The fourth-order valence-electron chi connectivity index (χ4n) is 10.7. The summed E-state index contributed by atoms with van der Waals surface area (Å²) in [6.07, 6.45) is 16.3. The molecule has 2 nitrogen and oxygen atoms in total. The van der Waals surface area contributed by atoms with Crippen molar-refractivity contribution in [3.8, 4) is 22.4 Å². The monoisotopic (exact) mass is 792 g/mol. The highest BCUT2D eigenvalue weighted by molar-refractivity contribution is 8.41. The first-order valence-corrected chi connectivity index (χ1v) is 23.3. The Morgan fingerprint density at radius 2 is 1.33 bits per heavy atom. The molecule has 292 valence electrons. The number of fused-ring (bicyclic) bond motifs is 7. The quantitative estimate of drug-likeness (QED) is 0.167. The second kappa shape index (κ2) is 14.8. The first-order valence-electron chi connectivity index (χ1n) is 21.7. The van der Waals surface area contributed by atoms with Gasteiger partial charge in [0.05, 0.1) is 5.69 Å². The summed E-state index contributed by atoms with van der Waals surface area (Å²) in [5.74, 6) is 0.268. The van der Waals surface area contributed by atoms with Crippen LogP contribution in [0.1, 0.15) is 70.8 Å². The fourth-order valence-corrected chi connectivity index (χ4v) is 14.9. The smallest absolute Gasteiger partial charge is 0.195 e. The summed E-state index contributed by atoms with van der Waals surface area (Å²) in [4.78, 5) is 9.49. The zero-order valence-electron chi connectivity index (χ0n) is 34.7. The van der Waals surface area contributed by atoms with Gasteiger partial charge in [-0.25, -0.2) is 0 Å². The van der Waals surface area contributed by atoms with Gasteiger partial charge < -0.3 is 10.3 Å². The first kappa shape index (κ1) is 36.8. The molecular weight excluding hydrogens is 744 g/mol. The van der Waals surface area contributed by atoms with E-state index in [9.17, 15) is 0 Å². The van der Waals surface area contributed by atoms with Gasteiger partial charge in [0, 0.05) is 42.1 Å². The lowest BCUT2D eigenvalue weighted by molar-refractivity contribution is 0.863. The van der Waals surface area contributed by atoms with Gasteiger partial charge in [-0.2, -0.15) is 0 Å². The van der Waals surface area contributed by atoms with Gasteiger partial charge in [0.25, 0.3) is 0 Å². The van der Waals surface area contributed by atoms with E-state index in [4.69, 9.17) is 0 Å². The van der Waals surface area contributed by atoms with Crippen molar-refractivity contribution in [2.45, 2.75) is 67.1 Å². The molecule has 4 heterocycles. The minimum atomic E-state index is -2.10. The van der Waals surface area contributed by atoms with Crippen LogP contribution in [0.5, 0.6) is 0 Å². The molecule has 0 radical (unpaired) electrons. The number of aryl methyl sites for hydroxylation is 2. The van der Waals surface area contributed by atoms with Gasteiger partial charge in [-0.3, -0.25) is 0 Å². The summed E-state index contributed by atoms with van der Waals surface area (Å²) in [6, 6.07) is 52.5. The second-order valence-electron chi connectivity index (χ2n) is 17.0. The van der Waals surface area contributed by atoms with Crippen LogP contribution in [0.15, 0.2) is 190 Å². The van der Waals surface area contributed by atoms with Crippen LogP contribution in [0.4, 0.5) is 5.69 Å². The number of benzene rings is 6. The maximum atomic E-state index is 4.17. The van der Waals surface area contributed by atoms with Crippen LogP contribution in [0.25, 0.3) is 32.9 Å². The molecule has 0 fully saturated rings. The average molecular weight is 793 g/mol. The van der Waals surface area contributed by atoms with Crippen molar-refractivity contribution in [1.29, 1.82) is 0 Å². The fraction of sp³-hybridized carbons (Fsp3) is 0.143. The predicted molar refractivity (Wildman–Crippen MR) is 257 cm³/mol. The molecule has 2 aliphatic carbocycles. The minimum absolute atomic E-state index is 0.268. The molecular formula is C56H49BN2S. The SMILES string of the molecule is Cc1ccccc1-c1cc2c(c(C3=CCCc4c3[nH]c3c4CCc4ccccc4-3)c1C(C)C)BC1=C\Nc3ccccc3S(c3ccccc3)(c3ccccc3)/C2=C/C=C\1. The molecule has 0 saturated heterocycles. The van der Waals surface area contributed by atoms with E-state index in [1.54, 1.807) is 0 Å². The van der Waals surface area contributed by atoms with Crippen molar-refractivity contribution in [3.05, 3.63) is 220 Å². The zero-order valence-corrected chi connectivity index (χ0v) is 35.5. The molecule has 2 N–H and O–H groups in total. The Kier molecular flexibility index (Phi) is 9.08. The second-order valence-corrected chi connectivity index (χ2v) is 20.1. The molecule has 4 heteroatoms. The van der Waals surface area contributed by atoms with Crippen LogP contribution in [-0.4, -0.2) is 12.3 Å². The molecule has 7 aromatic rings. The molecule has 0 unspecified atom stereocenters. The number of H-pyrrole nitrogens is 1. The molecule has 0 spiro atoms. The topological polar surface area (TPSA) is 27.8 Å². The third kappa shape index (κ3) is 5.72. The lowest BCUT2D eigenvalue weighted by atomic mass is 9.57. The van der Waals surface area contributed by atoms with Crippen LogP contribution in [0.2, 0.25) is 0 Å². The number of hydrogen-bond donors (Lipinski definition) is 2. The van der Waals surface area contributed by atoms with E-state index in [-0.39, 0.29) is 5.92 Å². The lowest BCUT2D eigenvalue weighted by Gasteiger charge is -2.46. The Bertz CT molecular complexity index is 2920. The predicted octanol–water partition coefficient (Wildman–Crippen LogP) is 13.5. The van der Waals surface area contributed by atoms with Crippen molar-refractivity contribution in [1.82, 2.24) is 4.98 Å². The van der Waals surface area contributed by atoms with E-state index in [0.29, 0.717) is 0 Å². The van der Waals surface area contributed by atoms with Gasteiger partial charge >= 0.3 is 0 Å². The van der Waals surface area contributed by atoms with E-state index in [2.05, 4.69) is 201 Å². The van der Waals surface area contributed by atoms with Gasteiger partial charge in [-0.1, -0.05) is 140 Å². The molecule has 12 rings (SSSR count). The number of allylic oxidation sites excluding steroid dienone is 5. The Morgan fingerprint density at radius 1 is 0.650 bits per heavy atom. The average Bonchev–Trinajstić information content (AvgIpc) is 3.68. The Morgan fingerprint density at radius 3 is 2.10 bits per heavy atom. The van der Waals surface area contributed by atoms with Gasteiger partial charge in [-0.15, -0.1) is 10.0 Å². The summed E-state index contributed by atoms with van der Waals surface area (Å²) in [6.45, 7) is 7.11. The highest BCUT2D eigenvalue weighted by atomic mass is 32.3. The first-order chi connectivity index (χ1) is 29.5. The van der Waals surface area contributed by atoms with E-state index in [1.165, 1.54) is 103 Å². The lowest BCUT2D eigenvalue weighted by Crippen LogP contribution is -2.30. The molecule has 2 bridgehead atoms. The van der Waals surface area contributed by atoms with Crippen LogP contribution in [-0.2, 0) is 19.3 Å². The number of aromatic amines is 1. The maximum Gasteiger partial charge on any atom is 0.195 e. The minimum Gasteiger partial charge on any atom is -0.361 e. The summed E-state index contributed by atoms with van der Waals surface area (Å²) < 4.78 is 0. The number of rotatable bonds is 5. The number of nitrogens with one attached hydrogen (secondary N) is 2. The van der Waals surface area contributed by atoms with Gasteiger partial charge in [0.15, 0.2) is 7.28 Å². The molecule has 3 aliphatic heterocycles. The van der Waals surface area contributed by atoms with Crippen molar-refractivity contribution in [2.24, 2.45) is 0 Å². The Balaban J connectivity index is 1.30. The highest BCUT2D eigenvalue weighted by Crippen LogP contribution is 2.77.